The standard InChI is InChI=1S/C56H38N6/c1-5-21-37(22-6-1)49-53(61-45-33-17-13-29-41(45)42-30-14-18-34-46(42)61)50(38-23-7-2-8-24-38)58-55(57-49)56-59-51(39-25-9-3-10-26-39)54(52(60-56)40-27-11-4-12-28-40)62-47-35-19-15-31-43(47)44-32-16-20-36-48(44)62/h1-3,5-11,13-36H,4,12H2. The van der Waals surface area contributed by atoms with Crippen molar-refractivity contribution in [3.8, 4) is 56.8 Å². The maximum Gasteiger partial charge on any atom is 0.199 e. The fourth-order valence-electron chi connectivity index (χ4n) is 9.24. The van der Waals surface area contributed by atoms with Crippen molar-refractivity contribution in [3.63, 3.8) is 0 Å². The number of fused-ring (bicyclic) bond motifs is 6. The first kappa shape index (κ1) is 35.7. The lowest BCUT2D eigenvalue weighted by atomic mass is 9.99. The quantitative estimate of drug-likeness (QED) is 0.161. The topological polar surface area (TPSA) is 61.4 Å². The Morgan fingerprint density at radius 1 is 0.323 bits per heavy atom. The van der Waals surface area contributed by atoms with Crippen molar-refractivity contribution in [2.45, 2.75) is 12.8 Å². The van der Waals surface area contributed by atoms with Crippen LogP contribution >= 0.6 is 0 Å². The summed E-state index contributed by atoms with van der Waals surface area (Å²) in [6.07, 6.45) is 8.64. The van der Waals surface area contributed by atoms with Crippen molar-refractivity contribution in [3.05, 3.63) is 212 Å². The van der Waals surface area contributed by atoms with E-state index in [1.54, 1.807) is 0 Å². The van der Waals surface area contributed by atoms with E-state index in [1.165, 1.54) is 21.5 Å². The molecule has 12 rings (SSSR count). The van der Waals surface area contributed by atoms with Gasteiger partial charge in [0.25, 0.3) is 0 Å². The number of allylic oxidation sites excluding steroid dienone is 4. The van der Waals surface area contributed by atoms with Crippen LogP contribution in [-0.2, 0) is 0 Å². The Morgan fingerprint density at radius 2 is 0.645 bits per heavy atom. The minimum atomic E-state index is 0.444. The zero-order chi connectivity index (χ0) is 41.0. The van der Waals surface area contributed by atoms with Crippen molar-refractivity contribution in [2.24, 2.45) is 0 Å². The summed E-state index contributed by atoms with van der Waals surface area (Å²) in [6, 6.07) is 65.8. The van der Waals surface area contributed by atoms with Crippen molar-refractivity contribution in [1.82, 2.24) is 29.1 Å². The van der Waals surface area contributed by atoms with E-state index in [1.807, 2.05) is 18.2 Å². The molecular weight excluding hydrogens is 757 g/mol. The number of aromatic nitrogens is 6. The molecule has 1 aliphatic rings. The third-order valence-electron chi connectivity index (χ3n) is 12.0. The van der Waals surface area contributed by atoms with Crippen LogP contribution in [0.3, 0.4) is 0 Å². The summed E-state index contributed by atoms with van der Waals surface area (Å²) < 4.78 is 4.69. The summed E-state index contributed by atoms with van der Waals surface area (Å²) in [4.78, 5) is 22.3. The largest absolute Gasteiger partial charge is 0.305 e. The van der Waals surface area contributed by atoms with Crippen molar-refractivity contribution in [1.29, 1.82) is 0 Å². The van der Waals surface area contributed by atoms with Crippen LogP contribution in [0, 0.1) is 0 Å². The molecule has 1 aliphatic carbocycles. The fraction of sp³-hybridized carbons (Fsp3) is 0.0357. The second-order valence-corrected chi connectivity index (χ2v) is 15.7. The van der Waals surface area contributed by atoms with Crippen molar-refractivity contribution >= 4 is 49.2 Å². The van der Waals surface area contributed by atoms with Gasteiger partial charge in [-0.05, 0) is 42.7 Å². The molecule has 6 nitrogen and oxygen atoms in total. The molecule has 0 aliphatic heterocycles. The van der Waals surface area contributed by atoms with Crippen LogP contribution in [0.15, 0.2) is 206 Å². The molecule has 0 N–H and O–H groups in total. The molecule has 0 fully saturated rings. The van der Waals surface area contributed by atoms with Gasteiger partial charge in [0.2, 0.25) is 0 Å². The maximum absolute atomic E-state index is 5.60. The normalized spacial score (nSPS) is 12.7. The Hall–Kier alpha value is -8.22. The van der Waals surface area contributed by atoms with Crippen LogP contribution < -0.4 is 0 Å². The molecule has 0 unspecified atom stereocenters. The molecule has 4 heterocycles. The molecule has 0 saturated carbocycles. The molecule has 4 aromatic heterocycles. The molecule has 0 radical (unpaired) electrons. The van der Waals surface area contributed by atoms with Crippen molar-refractivity contribution < 1.29 is 0 Å². The predicted molar refractivity (Wildman–Crippen MR) is 254 cm³/mol. The van der Waals surface area contributed by atoms with Gasteiger partial charge in [0.05, 0.1) is 56.2 Å². The highest BCUT2D eigenvalue weighted by Gasteiger charge is 2.28. The van der Waals surface area contributed by atoms with Gasteiger partial charge in [-0.3, -0.25) is 0 Å². The zero-order valence-corrected chi connectivity index (χ0v) is 33.7. The zero-order valence-electron chi connectivity index (χ0n) is 33.7. The van der Waals surface area contributed by atoms with Crippen LogP contribution in [0.1, 0.15) is 18.5 Å². The molecule has 11 aromatic rings. The molecule has 0 spiro atoms. The number of para-hydroxylation sites is 4. The summed E-state index contributed by atoms with van der Waals surface area (Å²) in [7, 11) is 0. The van der Waals surface area contributed by atoms with E-state index in [0.717, 1.165) is 91.3 Å². The van der Waals surface area contributed by atoms with Gasteiger partial charge >= 0.3 is 0 Å². The Labute approximate surface area is 358 Å². The van der Waals surface area contributed by atoms with Gasteiger partial charge in [-0.25, -0.2) is 19.9 Å². The van der Waals surface area contributed by atoms with Gasteiger partial charge in [0.15, 0.2) is 11.6 Å². The molecule has 0 amide bonds. The molecule has 292 valence electrons. The molecule has 62 heavy (non-hydrogen) atoms. The first-order valence-electron chi connectivity index (χ1n) is 21.1. The number of nitrogens with zero attached hydrogens (tertiary/aromatic N) is 6. The smallest absolute Gasteiger partial charge is 0.199 e. The van der Waals surface area contributed by atoms with Gasteiger partial charge in [0.1, 0.15) is 0 Å². The van der Waals surface area contributed by atoms with Crippen LogP contribution in [0.4, 0.5) is 0 Å². The summed E-state index contributed by atoms with van der Waals surface area (Å²) in [5.74, 6) is 0.895. The summed E-state index contributed by atoms with van der Waals surface area (Å²) >= 11 is 0. The Balaban J connectivity index is 1.22. The van der Waals surface area contributed by atoms with Gasteiger partial charge in [-0.2, -0.15) is 0 Å². The Morgan fingerprint density at radius 3 is 1.00 bits per heavy atom. The third kappa shape index (κ3) is 5.80. The van der Waals surface area contributed by atoms with E-state index in [-0.39, 0.29) is 0 Å². The van der Waals surface area contributed by atoms with Gasteiger partial charge in [-0.1, -0.05) is 182 Å². The predicted octanol–water partition coefficient (Wildman–Crippen LogP) is 13.9. The monoisotopic (exact) mass is 794 g/mol. The fourth-order valence-corrected chi connectivity index (χ4v) is 9.24. The van der Waals surface area contributed by atoms with E-state index in [4.69, 9.17) is 19.9 Å². The maximum atomic E-state index is 5.60. The number of rotatable bonds is 7. The van der Waals surface area contributed by atoms with Crippen LogP contribution in [0.2, 0.25) is 0 Å². The summed E-state index contributed by atoms with van der Waals surface area (Å²) in [6.45, 7) is 0. The van der Waals surface area contributed by atoms with E-state index < -0.39 is 0 Å². The molecule has 6 heteroatoms. The minimum absolute atomic E-state index is 0.444. The molecule has 0 bridgehead atoms. The minimum Gasteiger partial charge on any atom is -0.305 e. The molecule has 0 atom stereocenters. The van der Waals surface area contributed by atoms with Crippen molar-refractivity contribution in [2.75, 3.05) is 0 Å². The second-order valence-electron chi connectivity index (χ2n) is 15.7. The second kappa shape index (κ2) is 14.8. The Bertz CT molecular complexity index is 3400. The van der Waals surface area contributed by atoms with Gasteiger partial charge in [0, 0.05) is 38.2 Å². The number of hydrogen-bond donors (Lipinski definition) is 0. The highest BCUT2D eigenvalue weighted by atomic mass is 15.1. The van der Waals surface area contributed by atoms with E-state index in [0.29, 0.717) is 11.6 Å². The Kier molecular flexibility index (Phi) is 8.52. The lowest BCUT2D eigenvalue weighted by Gasteiger charge is -2.21. The highest BCUT2D eigenvalue weighted by Crippen LogP contribution is 2.43. The van der Waals surface area contributed by atoms with Crippen LogP contribution in [-0.4, -0.2) is 29.1 Å². The van der Waals surface area contributed by atoms with Gasteiger partial charge in [-0.15, -0.1) is 0 Å². The van der Waals surface area contributed by atoms with Crippen LogP contribution in [0.25, 0.3) is 106 Å². The summed E-state index contributed by atoms with van der Waals surface area (Å²) in [5.41, 5.74) is 13.3. The SMILES string of the molecule is C1=CC(c2nc(-c3nc(-c4ccccc4)c(-n4c5ccccc5c5ccccc54)c(-c4ccccc4)n3)nc(-c3ccccc3)c2-n2c3ccccc3c3ccccc32)=CCC1. The van der Waals surface area contributed by atoms with E-state index in [9.17, 15) is 0 Å². The van der Waals surface area contributed by atoms with Crippen LogP contribution in [0.5, 0.6) is 0 Å². The lowest BCUT2D eigenvalue weighted by molar-refractivity contribution is 1.01. The van der Waals surface area contributed by atoms with Gasteiger partial charge < -0.3 is 9.13 Å². The average Bonchev–Trinajstić information content (AvgIpc) is 3.87. The molecular formula is C56H38N6. The summed E-state index contributed by atoms with van der Waals surface area (Å²) in [5, 5.41) is 4.68. The van der Waals surface area contributed by atoms with E-state index >= 15 is 0 Å². The first-order valence-corrected chi connectivity index (χ1v) is 21.1. The highest BCUT2D eigenvalue weighted by molar-refractivity contribution is 6.11. The molecule has 0 saturated heterocycles. The molecule has 7 aromatic carbocycles. The number of hydrogen-bond acceptors (Lipinski definition) is 4. The third-order valence-corrected chi connectivity index (χ3v) is 12.0. The number of benzene rings is 7. The first-order chi connectivity index (χ1) is 30.8. The van der Waals surface area contributed by atoms with E-state index in [2.05, 4.69) is 197 Å². The average molecular weight is 795 g/mol. The lowest BCUT2D eigenvalue weighted by Crippen LogP contribution is -2.11.